The molecule has 0 saturated heterocycles. The predicted octanol–water partition coefficient (Wildman–Crippen LogP) is 3.55. The maximum Gasteiger partial charge on any atom is 0.276 e. The third-order valence-electron chi connectivity index (χ3n) is 4.74. The molecule has 1 aliphatic rings. The number of unbranched alkanes of at least 4 members (excludes halogenated alkanes) is 1. The van der Waals surface area contributed by atoms with Gasteiger partial charge < -0.3 is 9.80 Å². The number of hydrogen-bond donors (Lipinski definition) is 0. The van der Waals surface area contributed by atoms with Gasteiger partial charge in [-0.05, 0) is 43.0 Å². The first kappa shape index (κ1) is 18.1. The van der Waals surface area contributed by atoms with Crippen LogP contribution in [0.4, 0.5) is 5.69 Å². The monoisotopic (exact) mass is 351 g/mol. The molecule has 5 heteroatoms. The van der Waals surface area contributed by atoms with E-state index in [1.807, 2.05) is 18.2 Å². The van der Waals surface area contributed by atoms with E-state index in [9.17, 15) is 9.59 Å². The van der Waals surface area contributed by atoms with E-state index in [1.165, 1.54) is 5.56 Å². The number of pyridine rings is 1. The van der Waals surface area contributed by atoms with Gasteiger partial charge in [-0.1, -0.05) is 37.6 Å². The van der Waals surface area contributed by atoms with Crippen molar-refractivity contribution < 1.29 is 9.59 Å². The van der Waals surface area contributed by atoms with Crippen molar-refractivity contribution in [3.63, 3.8) is 0 Å². The van der Waals surface area contributed by atoms with Gasteiger partial charge in [-0.3, -0.25) is 9.59 Å². The van der Waals surface area contributed by atoms with Crippen molar-refractivity contribution in [3.05, 3.63) is 59.4 Å². The molecule has 1 aromatic heterocycles. The number of hydrogen-bond acceptors (Lipinski definition) is 3. The Bertz CT molecular complexity index is 803. The second-order valence-electron chi connectivity index (χ2n) is 6.68. The molecule has 26 heavy (non-hydrogen) atoms. The van der Waals surface area contributed by atoms with Gasteiger partial charge in [0.2, 0.25) is 0 Å². The van der Waals surface area contributed by atoms with Crippen LogP contribution in [0.15, 0.2) is 42.5 Å². The lowest BCUT2D eigenvalue weighted by Gasteiger charge is -2.29. The summed E-state index contributed by atoms with van der Waals surface area (Å²) in [4.78, 5) is 33.4. The van der Waals surface area contributed by atoms with E-state index in [0.717, 1.165) is 31.4 Å². The molecule has 0 bridgehead atoms. The van der Waals surface area contributed by atoms with E-state index in [4.69, 9.17) is 0 Å². The Morgan fingerprint density at radius 3 is 2.69 bits per heavy atom. The minimum atomic E-state index is -0.150. The van der Waals surface area contributed by atoms with Crippen LogP contribution in [0.1, 0.15) is 52.7 Å². The first-order valence-electron chi connectivity index (χ1n) is 9.24. The third kappa shape index (κ3) is 3.77. The Morgan fingerprint density at radius 2 is 1.88 bits per heavy atom. The summed E-state index contributed by atoms with van der Waals surface area (Å²) in [5.41, 5.74) is 2.76. The predicted molar refractivity (Wildman–Crippen MR) is 103 cm³/mol. The summed E-state index contributed by atoms with van der Waals surface area (Å²) < 4.78 is 0. The minimum absolute atomic E-state index is 0.146. The summed E-state index contributed by atoms with van der Waals surface area (Å²) in [5, 5.41) is 0. The van der Waals surface area contributed by atoms with E-state index in [2.05, 4.69) is 18.0 Å². The SMILES string of the molecule is CCCCN(C)C(=O)c1cccc(C(=O)N2CCCc3ccccc32)n1. The highest BCUT2D eigenvalue weighted by Gasteiger charge is 2.25. The molecule has 0 spiro atoms. The Labute approximate surface area is 154 Å². The number of carbonyl (C=O) groups is 2. The average molecular weight is 351 g/mol. The normalized spacial score (nSPS) is 13.2. The number of aryl methyl sites for hydroxylation is 1. The maximum atomic E-state index is 13.0. The van der Waals surface area contributed by atoms with Crippen molar-refractivity contribution in [2.45, 2.75) is 32.6 Å². The molecule has 0 unspecified atom stereocenters. The van der Waals surface area contributed by atoms with Crippen molar-refractivity contribution in [1.82, 2.24) is 9.88 Å². The minimum Gasteiger partial charge on any atom is -0.340 e. The standard InChI is InChI=1S/C21H25N3O2/c1-3-4-14-23(2)20(25)17-11-7-12-18(22-17)21(26)24-15-8-10-16-9-5-6-13-19(16)24/h5-7,9,11-13H,3-4,8,10,14-15H2,1-2H3. The molecule has 1 aromatic carbocycles. The Kier molecular flexibility index (Phi) is 5.66. The summed E-state index contributed by atoms with van der Waals surface area (Å²) in [5.74, 6) is -0.296. The van der Waals surface area contributed by atoms with E-state index in [0.29, 0.717) is 24.5 Å². The molecule has 0 N–H and O–H groups in total. The van der Waals surface area contributed by atoms with Crippen LogP contribution in [0, 0.1) is 0 Å². The molecule has 0 radical (unpaired) electrons. The fourth-order valence-electron chi connectivity index (χ4n) is 3.25. The highest BCUT2D eigenvalue weighted by Crippen LogP contribution is 2.27. The number of para-hydroxylation sites is 1. The number of anilines is 1. The first-order chi connectivity index (χ1) is 12.6. The highest BCUT2D eigenvalue weighted by molar-refractivity contribution is 6.06. The molecule has 136 valence electrons. The van der Waals surface area contributed by atoms with Crippen LogP contribution in [0.5, 0.6) is 0 Å². The quantitative estimate of drug-likeness (QED) is 0.828. The molecule has 0 fully saturated rings. The second kappa shape index (κ2) is 8.13. The third-order valence-corrected chi connectivity index (χ3v) is 4.74. The molecule has 2 amide bonds. The molecule has 0 saturated carbocycles. The van der Waals surface area contributed by atoms with E-state index in [-0.39, 0.29) is 11.8 Å². The molecular weight excluding hydrogens is 326 g/mol. The van der Waals surface area contributed by atoms with Crippen LogP contribution >= 0.6 is 0 Å². The number of fused-ring (bicyclic) bond motifs is 1. The van der Waals surface area contributed by atoms with Crippen LogP contribution in [0.3, 0.4) is 0 Å². The largest absolute Gasteiger partial charge is 0.340 e. The van der Waals surface area contributed by atoms with Gasteiger partial charge >= 0.3 is 0 Å². The van der Waals surface area contributed by atoms with Gasteiger partial charge in [0.1, 0.15) is 11.4 Å². The highest BCUT2D eigenvalue weighted by atomic mass is 16.2. The summed E-state index contributed by atoms with van der Waals surface area (Å²) in [7, 11) is 1.77. The Balaban J connectivity index is 1.82. The van der Waals surface area contributed by atoms with Gasteiger partial charge in [0.15, 0.2) is 0 Å². The molecule has 1 aliphatic heterocycles. The zero-order valence-electron chi connectivity index (χ0n) is 15.4. The van der Waals surface area contributed by atoms with Gasteiger partial charge in [-0.15, -0.1) is 0 Å². The lowest BCUT2D eigenvalue weighted by Crippen LogP contribution is -2.36. The summed E-state index contributed by atoms with van der Waals surface area (Å²) >= 11 is 0. The molecule has 0 aliphatic carbocycles. The molecule has 3 rings (SSSR count). The fourth-order valence-corrected chi connectivity index (χ4v) is 3.25. The van der Waals surface area contributed by atoms with Crippen LogP contribution in [0.2, 0.25) is 0 Å². The van der Waals surface area contributed by atoms with Crippen molar-refractivity contribution in [2.24, 2.45) is 0 Å². The molecule has 5 nitrogen and oxygen atoms in total. The Hall–Kier alpha value is -2.69. The van der Waals surface area contributed by atoms with Crippen molar-refractivity contribution in [3.8, 4) is 0 Å². The van der Waals surface area contributed by atoms with Crippen LogP contribution in [0.25, 0.3) is 0 Å². The Morgan fingerprint density at radius 1 is 1.12 bits per heavy atom. The molecule has 2 aromatic rings. The topological polar surface area (TPSA) is 53.5 Å². The number of carbonyl (C=O) groups excluding carboxylic acids is 2. The van der Waals surface area contributed by atoms with Crippen molar-refractivity contribution >= 4 is 17.5 Å². The fraction of sp³-hybridized carbons (Fsp3) is 0.381. The first-order valence-corrected chi connectivity index (χ1v) is 9.24. The van der Waals surface area contributed by atoms with Crippen LogP contribution in [-0.2, 0) is 6.42 Å². The van der Waals surface area contributed by atoms with E-state index >= 15 is 0 Å². The van der Waals surface area contributed by atoms with E-state index < -0.39 is 0 Å². The molecular formula is C21H25N3O2. The number of nitrogens with zero attached hydrogens (tertiary/aromatic N) is 3. The van der Waals surface area contributed by atoms with Crippen molar-refractivity contribution in [1.29, 1.82) is 0 Å². The lowest BCUT2D eigenvalue weighted by atomic mass is 10.0. The van der Waals surface area contributed by atoms with Gasteiger partial charge in [0.25, 0.3) is 11.8 Å². The van der Waals surface area contributed by atoms with Crippen molar-refractivity contribution in [2.75, 3.05) is 25.0 Å². The van der Waals surface area contributed by atoms with Gasteiger partial charge in [-0.2, -0.15) is 0 Å². The zero-order valence-corrected chi connectivity index (χ0v) is 15.4. The number of benzene rings is 1. The van der Waals surface area contributed by atoms with Crippen LogP contribution in [-0.4, -0.2) is 41.8 Å². The molecule has 0 atom stereocenters. The summed E-state index contributed by atoms with van der Waals surface area (Å²) in [6.07, 6.45) is 3.89. The summed E-state index contributed by atoms with van der Waals surface area (Å²) in [6.45, 7) is 3.45. The smallest absolute Gasteiger partial charge is 0.276 e. The van der Waals surface area contributed by atoms with Gasteiger partial charge in [-0.25, -0.2) is 4.98 Å². The van der Waals surface area contributed by atoms with E-state index in [1.54, 1.807) is 35.0 Å². The van der Waals surface area contributed by atoms with Gasteiger partial charge in [0.05, 0.1) is 0 Å². The average Bonchev–Trinajstić information content (AvgIpc) is 2.70. The lowest BCUT2D eigenvalue weighted by molar-refractivity contribution is 0.0787. The number of amides is 2. The zero-order chi connectivity index (χ0) is 18.5. The molecule has 2 heterocycles. The maximum absolute atomic E-state index is 13.0. The summed E-state index contributed by atoms with van der Waals surface area (Å²) in [6, 6.07) is 13.1. The number of rotatable bonds is 5. The van der Waals surface area contributed by atoms with Crippen LogP contribution < -0.4 is 4.90 Å². The van der Waals surface area contributed by atoms with Gasteiger partial charge in [0, 0.05) is 25.8 Å². The second-order valence-corrected chi connectivity index (χ2v) is 6.68. The number of aromatic nitrogens is 1.